The van der Waals surface area contributed by atoms with Crippen LogP contribution < -0.4 is 10.1 Å². The summed E-state index contributed by atoms with van der Waals surface area (Å²) in [5.41, 5.74) is 0.527. The average Bonchev–Trinajstić information content (AvgIpc) is 2.26. The molecule has 1 rings (SSSR count). The number of Topliss-reactive ketones (excluding diaryl/α,β-unsaturated/α-hetero) is 1. The topological polar surface area (TPSA) is 55.4 Å². The van der Waals surface area contributed by atoms with Crippen molar-refractivity contribution >= 4 is 12.2 Å². The smallest absolute Gasteiger partial charge is 0.207 e. The van der Waals surface area contributed by atoms with Gasteiger partial charge < -0.3 is 10.1 Å². The molecule has 0 heterocycles. The van der Waals surface area contributed by atoms with E-state index < -0.39 is 0 Å². The molecule has 0 aliphatic carbocycles. The highest BCUT2D eigenvalue weighted by molar-refractivity contribution is 5.98. The van der Waals surface area contributed by atoms with Gasteiger partial charge in [0.1, 0.15) is 5.75 Å². The molecule has 0 unspecified atom stereocenters. The van der Waals surface area contributed by atoms with Crippen LogP contribution in [0.4, 0.5) is 0 Å². The number of amides is 1. The summed E-state index contributed by atoms with van der Waals surface area (Å²) in [6.07, 6.45) is 0.498. The first kappa shape index (κ1) is 10.2. The Hall–Kier alpha value is -1.84. The van der Waals surface area contributed by atoms with Crippen LogP contribution in [0.1, 0.15) is 10.4 Å². The molecule has 4 nitrogen and oxygen atoms in total. The van der Waals surface area contributed by atoms with E-state index in [0.29, 0.717) is 17.7 Å². The van der Waals surface area contributed by atoms with Gasteiger partial charge in [0.25, 0.3) is 0 Å². The Morgan fingerprint density at radius 2 is 2.36 bits per heavy atom. The van der Waals surface area contributed by atoms with Crippen LogP contribution >= 0.6 is 0 Å². The molecule has 14 heavy (non-hydrogen) atoms. The van der Waals surface area contributed by atoms with Crippen molar-refractivity contribution in [3.8, 4) is 5.75 Å². The van der Waals surface area contributed by atoms with Crippen molar-refractivity contribution in [1.82, 2.24) is 5.32 Å². The summed E-state index contributed by atoms with van der Waals surface area (Å²) in [6.45, 7) is 0.0106. The Morgan fingerprint density at radius 1 is 1.57 bits per heavy atom. The van der Waals surface area contributed by atoms with Gasteiger partial charge in [0.05, 0.1) is 13.7 Å². The van der Waals surface area contributed by atoms with Crippen molar-refractivity contribution in [3.05, 3.63) is 29.8 Å². The number of ketones is 1. The van der Waals surface area contributed by atoms with Gasteiger partial charge in [0, 0.05) is 5.56 Å². The molecule has 1 N–H and O–H groups in total. The SMILES string of the molecule is COc1cccc(C(=O)CNC=O)c1. The third kappa shape index (κ3) is 2.58. The zero-order valence-corrected chi connectivity index (χ0v) is 7.82. The average molecular weight is 193 g/mol. The molecule has 1 amide bonds. The molecular weight excluding hydrogens is 182 g/mol. The number of carbonyl (C=O) groups is 2. The van der Waals surface area contributed by atoms with Gasteiger partial charge in [0.2, 0.25) is 6.41 Å². The van der Waals surface area contributed by atoms with Crippen LogP contribution in [0.5, 0.6) is 5.75 Å². The van der Waals surface area contributed by atoms with E-state index in [0.717, 1.165) is 0 Å². The van der Waals surface area contributed by atoms with Gasteiger partial charge in [-0.3, -0.25) is 9.59 Å². The molecule has 0 bridgehead atoms. The van der Waals surface area contributed by atoms with Crippen molar-refractivity contribution in [2.75, 3.05) is 13.7 Å². The molecule has 0 radical (unpaired) electrons. The third-order valence-corrected chi connectivity index (χ3v) is 1.74. The first-order chi connectivity index (χ1) is 6.77. The number of rotatable bonds is 5. The van der Waals surface area contributed by atoms with Gasteiger partial charge >= 0.3 is 0 Å². The molecule has 0 aliphatic heterocycles. The molecule has 0 spiro atoms. The maximum absolute atomic E-state index is 11.4. The van der Waals surface area contributed by atoms with E-state index in [4.69, 9.17) is 4.74 Å². The molecule has 0 saturated carbocycles. The van der Waals surface area contributed by atoms with Gasteiger partial charge in [-0.2, -0.15) is 0 Å². The van der Waals surface area contributed by atoms with E-state index in [9.17, 15) is 9.59 Å². The zero-order chi connectivity index (χ0) is 10.4. The minimum absolute atomic E-state index is 0.0106. The Balaban J connectivity index is 2.73. The lowest BCUT2D eigenvalue weighted by Crippen LogP contribution is -2.21. The van der Waals surface area contributed by atoms with Crippen molar-refractivity contribution < 1.29 is 14.3 Å². The fourth-order valence-electron chi connectivity index (χ4n) is 1.03. The Kier molecular flexibility index (Phi) is 3.67. The summed E-state index contributed by atoms with van der Waals surface area (Å²) in [5.74, 6) is 0.484. The molecule has 1 aromatic rings. The van der Waals surface area contributed by atoms with Crippen LogP contribution in [0.25, 0.3) is 0 Å². The summed E-state index contributed by atoms with van der Waals surface area (Å²) in [4.78, 5) is 21.4. The van der Waals surface area contributed by atoms with Crippen LogP contribution in [-0.4, -0.2) is 25.8 Å². The number of carbonyl (C=O) groups excluding carboxylic acids is 2. The number of ether oxygens (including phenoxy) is 1. The van der Waals surface area contributed by atoms with E-state index in [-0.39, 0.29) is 12.3 Å². The lowest BCUT2D eigenvalue weighted by atomic mass is 10.1. The van der Waals surface area contributed by atoms with Crippen LogP contribution in [-0.2, 0) is 4.79 Å². The van der Waals surface area contributed by atoms with E-state index in [1.807, 2.05) is 0 Å². The monoisotopic (exact) mass is 193 g/mol. The second-order valence-corrected chi connectivity index (χ2v) is 2.65. The van der Waals surface area contributed by atoms with E-state index in [1.165, 1.54) is 7.11 Å². The largest absolute Gasteiger partial charge is 0.497 e. The second-order valence-electron chi connectivity index (χ2n) is 2.65. The number of hydrogen-bond donors (Lipinski definition) is 1. The molecule has 74 valence electrons. The maximum Gasteiger partial charge on any atom is 0.207 e. The normalized spacial score (nSPS) is 9.21. The standard InChI is InChI=1S/C10H11NO3/c1-14-9-4-2-3-8(5-9)10(13)6-11-7-12/h2-5,7H,6H2,1H3,(H,11,12). The highest BCUT2D eigenvalue weighted by Crippen LogP contribution is 2.12. The molecule has 0 aromatic heterocycles. The van der Waals surface area contributed by atoms with Crippen LogP contribution in [0.15, 0.2) is 24.3 Å². The van der Waals surface area contributed by atoms with E-state index in [2.05, 4.69) is 5.32 Å². The van der Waals surface area contributed by atoms with Gasteiger partial charge in [-0.15, -0.1) is 0 Å². The fraction of sp³-hybridized carbons (Fsp3) is 0.200. The summed E-state index contributed by atoms with van der Waals surface area (Å²) >= 11 is 0. The third-order valence-electron chi connectivity index (χ3n) is 1.74. The highest BCUT2D eigenvalue weighted by atomic mass is 16.5. The fourth-order valence-corrected chi connectivity index (χ4v) is 1.03. The predicted molar refractivity (Wildman–Crippen MR) is 51.4 cm³/mol. The summed E-state index contributed by atoms with van der Waals surface area (Å²) in [6, 6.07) is 6.79. The molecule has 4 heteroatoms. The molecular formula is C10H11NO3. The Bertz CT molecular complexity index is 336. The van der Waals surface area contributed by atoms with Crippen LogP contribution in [0.3, 0.4) is 0 Å². The minimum atomic E-state index is -0.143. The summed E-state index contributed by atoms with van der Waals surface area (Å²) in [5, 5.41) is 2.31. The van der Waals surface area contributed by atoms with Crippen LogP contribution in [0.2, 0.25) is 0 Å². The molecule has 0 atom stereocenters. The summed E-state index contributed by atoms with van der Waals surface area (Å²) < 4.78 is 4.97. The number of hydrogen-bond acceptors (Lipinski definition) is 3. The first-order valence-electron chi connectivity index (χ1n) is 4.12. The van der Waals surface area contributed by atoms with E-state index >= 15 is 0 Å². The number of methoxy groups -OCH3 is 1. The zero-order valence-electron chi connectivity index (χ0n) is 7.82. The quantitative estimate of drug-likeness (QED) is 0.551. The van der Waals surface area contributed by atoms with Gasteiger partial charge in [-0.1, -0.05) is 12.1 Å². The lowest BCUT2D eigenvalue weighted by molar-refractivity contribution is -0.109. The minimum Gasteiger partial charge on any atom is -0.497 e. The number of benzene rings is 1. The molecule has 1 aromatic carbocycles. The van der Waals surface area contributed by atoms with Crippen molar-refractivity contribution in [1.29, 1.82) is 0 Å². The van der Waals surface area contributed by atoms with Crippen molar-refractivity contribution in [3.63, 3.8) is 0 Å². The van der Waals surface area contributed by atoms with Gasteiger partial charge in [-0.25, -0.2) is 0 Å². The van der Waals surface area contributed by atoms with Crippen LogP contribution in [0, 0.1) is 0 Å². The van der Waals surface area contributed by atoms with Gasteiger partial charge in [-0.05, 0) is 12.1 Å². The lowest BCUT2D eigenvalue weighted by Gasteiger charge is -2.02. The maximum atomic E-state index is 11.4. The predicted octanol–water partition coefficient (Wildman–Crippen LogP) is 0.624. The van der Waals surface area contributed by atoms with Crippen molar-refractivity contribution in [2.45, 2.75) is 0 Å². The van der Waals surface area contributed by atoms with Crippen molar-refractivity contribution in [2.24, 2.45) is 0 Å². The van der Waals surface area contributed by atoms with Gasteiger partial charge in [0.15, 0.2) is 5.78 Å². The molecule has 0 aliphatic rings. The Morgan fingerprint density at radius 3 is 3.00 bits per heavy atom. The highest BCUT2D eigenvalue weighted by Gasteiger charge is 2.05. The Labute approximate surface area is 81.9 Å². The van der Waals surface area contributed by atoms with E-state index in [1.54, 1.807) is 24.3 Å². The number of nitrogens with one attached hydrogen (secondary N) is 1. The second kappa shape index (κ2) is 5.01. The first-order valence-corrected chi connectivity index (χ1v) is 4.12. The summed E-state index contributed by atoms with van der Waals surface area (Å²) in [7, 11) is 1.53. The molecule has 0 saturated heterocycles. The molecule has 0 fully saturated rings.